The maximum Gasteiger partial charge on any atom is 0.236 e. The molecule has 1 saturated heterocycles. The van der Waals surface area contributed by atoms with Crippen molar-refractivity contribution in [1.82, 2.24) is 24.9 Å². The molecule has 1 aromatic rings. The molecule has 0 bridgehead atoms. The maximum atomic E-state index is 13.2. The van der Waals surface area contributed by atoms with Gasteiger partial charge in [-0.15, -0.1) is 0 Å². The summed E-state index contributed by atoms with van der Waals surface area (Å²) in [5.74, 6) is 1.46. The summed E-state index contributed by atoms with van der Waals surface area (Å²) in [6.07, 6.45) is 2.81. The molecule has 1 fully saturated rings. The first-order valence-corrected chi connectivity index (χ1v) is 13.0. The van der Waals surface area contributed by atoms with Gasteiger partial charge in [0, 0.05) is 57.9 Å². The van der Waals surface area contributed by atoms with Crippen LogP contribution in [0.3, 0.4) is 0 Å². The summed E-state index contributed by atoms with van der Waals surface area (Å²) in [6.45, 7) is 9.80. The molecule has 0 saturated carbocycles. The average Bonchev–Trinajstić information content (AvgIpc) is 2.84. The highest BCUT2D eigenvalue weighted by molar-refractivity contribution is 5.81. The predicted molar refractivity (Wildman–Crippen MR) is 137 cm³/mol. The summed E-state index contributed by atoms with van der Waals surface area (Å²) in [7, 11) is 4.16. The number of nitrogens with zero attached hydrogens (tertiary/aromatic N) is 4. The van der Waals surface area contributed by atoms with Gasteiger partial charge in [0.2, 0.25) is 11.8 Å². The number of hydrogen-bond acceptors (Lipinski definition) is 7. The number of rotatable bonds is 7. The van der Waals surface area contributed by atoms with Gasteiger partial charge in [-0.2, -0.15) is 0 Å². The van der Waals surface area contributed by atoms with Crippen LogP contribution in [0.4, 0.5) is 0 Å². The molecule has 0 radical (unpaired) electrons. The second-order valence-corrected chi connectivity index (χ2v) is 9.61. The van der Waals surface area contributed by atoms with Crippen LogP contribution in [0.15, 0.2) is 18.2 Å². The highest BCUT2D eigenvalue weighted by atomic mass is 16.5. The minimum absolute atomic E-state index is 0.0472. The lowest BCUT2D eigenvalue weighted by Crippen LogP contribution is -2.52. The summed E-state index contributed by atoms with van der Waals surface area (Å²) in [5, 5.41) is 3.01. The topological polar surface area (TPSA) is 77.6 Å². The van der Waals surface area contributed by atoms with Crippen molar-refractivity contribution in [3.8, 4) is 11.5 Å². The van der Waals surface area contributed by atoms with Crippen molar-refractivity contribution in [2.45, 2.75) is 32.7 Å². The van der Waals surface area contributed by atoms with Gasteiger partial charge >= 0.3 is 0 Å². The second kappa shape index (κ2) is 14.3. The van der Waals surface area contributed by atoms with Crippen LogP contribution in [0, 0.1) is 0 Å². The average molecular weight is 490 g/mol. The van der Waals surface area contributed by atoms with Crippen molar-refractivity contribution in [1.29, 1.82) is 0 Å². The molecule has 0 aliphatic carbocycles. The molecule has 0 spiro atoms. The zero-order chi connectivity index (χ0) is 25.0. The molecule has 1 aromatic carbocycles. The number of benzene rings is 1. The lowest BCUT2D eigenvalue weighted by atomic mass is 10.1. The number of ether oxygens (including phenoxy) is 2. The van der Waals surface area contributed by atoms with Crippen molar-refractivity contribution >= 4 is 11.8 Å². The number of likely N-dealkylation sites (N-methyl/N-ethyl adjacent to an activating group) is 1. The first kappa shape index (κ1) is 27.2. The van der Waals surface area contributed by atoms with Gasteiger partial charge in [-0.05, 0) is 46.3 Å². The summed E-state index contributed by atoms with van der Waals surface area (Å²) >= 11 is 0. The minimum atomic E-state index is -0.0472. The van der Waals surface area contributed by atoms with Crippen molar-refractivity contribution in [2.24, 2.45) is 0 Å². The maximum absolute atomic E-state index is 13.2. The molecule has 196 valence electrons. The van der Waals surface area contributed by atoms with E-state index in [-0.39, 0.29) is 24.9 Å². The molecule has 35 heavy (non-hydrogen) atoms. The highest BCUT2D eigenvalue weighted by Gasteiger charge is 2.25. The molecule has 3 rings (SSSR count). The molecule has 2 aliphatic heterocycles. The Morgan fingerprint density at radius 3 is 2.63 bits per heavy atom. The third-order valence-electron chi connectivity index (χ3n) is 6.46. The molecular formula is C26H43N5O4. The van der Waals surface area contributed by atoms with E-state index in [2.05, 4.69) is 29.2 Å². The minimum Gasteiger partial charge on any atom is -0.490 e. The zero-order valence-corrected chi connectivity index (χ0v) is 21.8. The molecule has 2 amide bonds. The van der Waals surface area contributed by atoms with E-state index in [0.717, 1.165) is 69.8 Å². The SMILES string of the molecule is CCOc1cccc2c1OCCCCCNC(=O)CN(CC(=O)N1CCN(CCN(C)C)CC1)C2. The Kier molecular flexibility index (Phi) is 11.1. The normalized spacial score (nSPS) is 19.1. The van der Waals surface area contributed by atoms with E-state index in [9.17, 15) is 9.59 Å². The van der Waals surface area contributed by atoms with Crippen LogP contribution in [0.1, 0.15) is 31.7 Å². The van der Waals surface area contributed by atoms with Gasteiger partial charge in [0.1, 0.15) is 0 Å². The van der Waals surface area contributed by atoms with E-state index in [4.69, 9.17) is 9.47 Å². The predicted octanol–water partition coefficient (Wildman–Crippen LogP) is 1.27. The molecule has 0 aromatic heterocycles. The Labute approximate surface area is 210 Å². The van der Waals surface area contributed by atoms with E-state index < -0.39 is 0 Å². The van der Waals surface area contributed by atoms with Gasteiger partial charge in [-0.1, -0.05) is 12.1 Å². The Morgan fingerprint density at radius 1 is 1.09 bits per heavy atom. The van der Waals surface area contributed by atoms with Crippen LogP contribution in [0.2, 0.25) is 0 Å². The van der Waals surface area contributed by atoms with Crippen molar-refractivity contribution < 1.29 is 19.1 Å². The smallest absolute Gasteiger partial charge is 0.236 e. The van der Waals surface area contributed by atoms with Crippen LogP contribution < -0.4 is 14.8 Å². The molecular weight excluding hydrogens is 446 g/mol. The van der Waals surface area contributed by atoms with E-state index >= 15 is 0 Å². The summed E-state index contributed by atoms with van der Waals surface area (Å²) in [5.41, 5.74) is 0.935. The van der Waals surface area contributed by atoms with E-state index in [1.165, 1.54) is 0 Å². The molecule has 0 unspecified atom stereocenters. The largest absolute Gasteiger partial charge is 0.490 e. The first-order valence-electron chi connectivity index (χ1n) is 13.0. The fraction of sp³-hybridized carbons (Fsp3) is 0.692. The van der Waals surface area contributed by atoms with E-state index in [1.54, 1.807) is 0 Å². The molecule has 1 N–H and O–H groups in total. The number of carbonyl (C=O) groups excluding carboxylic acids is 2. The Bertz CT molecular complexity index is 811. The number of fused-ring (bicyclic) bond motifs is 1. The molecule has 9 nitrogen and oxygen atoms in total. The Morgan fingerprint density at radius 2 is 1.89 bits per heavy atom. The fourth-order valence-corrected chi connectivity index (χ4v) is 4.45. The van der Waals surface area contributed by atoms with Crippen LogP contribution in [-0.4, -0.2) is 118 Å². The standard InChI is InChI=1S/C26H43N5O4/c1-4-34-23-10-8-9-22-19-30(20-24(32)27-11-6-5-7-18-35-26(22)23)21-25(33)31-16-14-29(15-17-31)13-12-28(2)3/h8-10H,4-7,11-21H2,1-3H3,(H,27,32). The fourth-order valence-electron chi connectivity index (χ4n) is 4.45. The summed E-state index contributed by atoms with van der Waals surface area (Å²) in [4.78, 5) is 34.3. The lowest BCUT2D eigenvalue weighted by Gasteiger charge is -2.36. The summed E-state index contributed by atoms with van der Waals surface area (Å²) in [6, 6.07) is 5.85. The summed E-state index contributed by atoms with van der Waals surface area (Å²) < 4.78 is 12.0. The van der Waals surface area contributed by atoms with Gasteiger partial charge in [0.05, 0.1) is 26.3 Å². The number of para-hydroxylation sites is 1. The van der Waals surface area contributed by atoms with Gasteiger partial charge in [-0.25, -0.2) is 0 Å². The first-order chi connectivity index (χ1) is 17.0. The number of hydrogen-bond donors (Lipinski definition) is 1. The third-order valence-corrected chi connectivity index (χ3v) is 6.46. The Balaban J connectivity index is 1.69. The molecule has 9 heteroatoms. The Hall–Kier alpha value is -2.36. The van der Waals surface area contributed by atoms with Crippen LogP contribution in [-0.2, 0) is 16.1 Å². The molecule has 2 heterocycles. The number of carbonyl (C=O) groups is 2. The van der Waals surface area contributed by atoms with Gasteiger partial charge in [-0.3, -0.25) is 19.4 Å². The van der Waals surface area contributed by atoms with Gasteiger partial charge in [0.25, 0.3) is 0 Å². The van der Waals surface area contributed by atoms with Crippen LogP contribution in [0.5, 0.6) is 11.5 Å². The van der Waals surface area contributed by atoms with E-state index in [1.807, 2.05) is 34.9 Å². The highest BCUT2D eigenvalue weighted by Crippen LogP contribution is 2.32. The van der Waals surface area contributed by atoms with Crippen LogP contribution in [0.25, 0.3) is 0 Å². The van der Waals surface area contributed by atoms with Gasteiger partial charge in [0.15, 0.2) is 11.5 Å². The second-order valence-electron chi connectivity index (χ2n) is 9.61. The lowest BCUT2D eigenvalue weighted by molar-refractivity contribution is -0.135. The van der Waals surface area contributed by atoms with E-state index in [0.29, 0.717) is 32.1 Å². The quantitative estimate of drug-likeness (QED) is 0.618. The van der Waals surface area contributed by atoms with Crippen LogP contribution >= 0.6 is 0 Å². The van der Waals surface area contributed by atoms with Crippen molar-refractivity contribution in [3.63, 3.8) is 0 Å². The zero-order valence-electron chi connectivity index (χ0n) is 21.8. The van der Waals surface area contributed by atoms with Crippen molar-refractivity contribution in [2.75, 3.05) is 86.2 Å². The molecule has 2 aliphatic rings. The van der Waals surface area contributed by atoms with Gasteiger partial charge < -0.3 is 24.6 Å². The monoisotopic (exact) mass is 489 g/mol. The third kappa shape index (κ3) is 8.98. The number of nitrogens with one attached hydrogen (secondary N) is 1. The number of amides is 2. The molecule has 0 atom stereocenters. The number of piperazine rings is 1. The van der Waals surface area contributed by atoms with Crippen molar-refractivity contribution in [3.05, 3.63) is 23.8 Å².